The van der Waals surface area contributed by atoms with Gasteiger partial charge < -0.3 is 5.32 Å². The van der Waals surface area contributed by atoms with E-state index >= 15 is 0 Å². The van der Waals surface area contributed by atoms with Crippen LogP contribution >= 0.6 is 0 Å². The van der Waals surface area contributed by atoms with Crippen molar-refractivity contribution in [3.05, 3.63) is 81.9 Å². The number of amides is 1. The Balaban J connectivity index is 1.64. The molecule has 2 heterocycles. The molecule has 0 fully saturated rings. The van der Waals surface area contributed by atoms with Gasteiger partial charge in [-0.3, -0.25) is 14.0 Å². The maximum absolute atomic E-state index is 12.8. The summed E-state index contributed by atoms with van der Waals surface area (Å²) < 4.78 is 3.08. The molecule has 1 N–H and O–H groups in total. The minimum Gasteiger partial charge on any atom is -0.350 e. The van der Waals surface area contributed by atoms with Crippen LogP contribution in [0.25, 0.3) is 16.4 Å². The van der Waals surface area contributed by atoms with Crippen molar-refractivity contribution in [3.8, 4) is 0 Å². The Kier molecular flexibility index (Phi) is 4.24. The van der Waals surface area contributed by atoms with E-state index in [4.69, 9.17) is 0 Å². The second-order valence-corrected chi connectivity index (χ2v) is 6.70. The van der Waals surface area contributed by atoms with Gasteiger partial charge in [0, 0.05) is 11.9 Å². The van der Waals surface area contributed by atoms with E-state index in [1.165, 1.54) is 4.68 Å². The first-order valence-corrected chi connectivity index (χ1v) is 8.83. The number of aryl methyl sites for hydroxylation is 2. The summed E-state index contributed by atoms with van der Waals surface area (Å²) in [5.74, 6) is 0.420. The third kappa shape index (κ3) is 3.21. The van der Waals surface area contributed by atoms with Crippen LogP contribution in [-0.2, 0) is 17.9 Å². The average Bonchev–Trinajstić information content (AvgIpc) is 3.04. The molecule has 6 nitrogen and oxygen atoms in total. The molecular weight excluding hydrogens is 340 g/mol. The number of benzene rings is 2. The molecule has 6 heteroatoms. The Hall–Kier alpha value is -3.41. The summed E-state index contributed by atoms with van der Waals surface area (Å²) in [6.45, 7) is 4.17. The Morgan fingerprint density at radius 1 is 1.04 bits per heavy atom. The van der Waals surface area contributed by atoms with Crippen molar-refractivity contribution in [2.45, 2.75) is 26.9 Å². The summed E-state index contributed by atoms with van der Waals surface area (Å²) in [5.41, 5.74) is 3.33. The van der Waals surface area contributed by atoms with Crippen LogP contribution in [0, 0.1) is 13.8 Å². The lowest BCUT2D eigenvalue weighted by Gasteiger charge is -2.09. The zero-order chi connectivity index (χ0) is 19.0. The van der Waals surface area contributed by atoms with E-state index in [2.05, 4.69) is 10.4 Å². The number of fused-ring (bicyclic) bond motifs is 3. The largest absolute Gasteiger partial charge is 0.350 e. The van der Waals surface area contributed by atoms with Crippen molar-refractivity contribution < 1.29 is 4.79 Å². The lowest BCUT2D eigenvalue weighted by molar-refractivity contribution is -0.122. The first kappa shape index (κ1) is 17.0. The molecule has 0 unspecified atom stereocenters. The Morgan fingerprint density at radius 3 is 2.59 bits per heavy atom. The number of carbonyl (C=O) groups is 1. The van der Waals surface area contributed by atoms with Crippen molar-refractivity contribution in [2.75, 3.05) is 0 Å². The first-order valence-electron chi connectivity index (χ1n) is 8.83. The maximum atomic E-state index is 12.8. The number of rotatable bonds is 4. The van der Waals surface area contributed by atoms with Gasteiger partial charge in [0.25, 0.3) is 5.56 Å². The van der Waals surface area contributed by atoms with Crippen LogP contribution in [0.4, 0.5) is 0 Å². The van der Waals surface area contributed by atoms with Gasteiger partial charge in [-0.05, 0) is 37.6 Å². The Morgan fingerprint density at radius 2 is 1.81 bits per heavy atom. The molecule has 0 aliphatic carbocycles. The summed E-state index contributed by atoms with van der Waals surface area (Å²) in [7, 11) is 0. The van der Waals surface area contributed by atoms with Crippen molar-refractivity contribution in [1.29, 1.82) is 0 Å². The first-order chi connectivity index (χ1) is 13.0. The molecule has 2 aromatic heterocycles. The van der Waals surface area contributed by atoms with Gasteiger partial charge in [0.05, 0.1) is 5.52 Å². The van der Waals surface area contributed by atoms with Gasteiger partial charge in [-0.2, -0.15) is 5.10 Å². The SMILES string of the molecule is Cc1ccc2c(c1)cc1c(=O)n(CC(=O)NCc3ccccc3)nc(C)n12. The summed E-state index contributed by atoms with van der Waals surface area (Å²) >= 11 is 0. The number of aromatic nitrogens is 3. The quantitative estimate of drug-likeness (QED) is 0.608. The van der Waals surface area contributed by atoms with Crippen molar-refractivity contribution in [1.82, 2.24) is 19.5 Å². The van der Waals surface area contributed by atoms with Crippen molar-refractivity contribution in [3.63, 3.8) is 0 Å². The highest BCUT2D eigenvalue weighted by Crippen LogP contribution is 2.20. The van der Waals surface area contributed by atoms with Gasteiger partial charge in [0.15, 0.2) is 0 Å². The van der Waals surface area contributed by atoms with Gasteiger partial charge in [-0.15, -0.1) is 0 Å². The molecule has 0 saturated carbocycles. The second kappa shape index (κ2) is 6.72. The Labute approximate surface area is 156 Å². The summed E-state index contributed by atoms with van der Waals surface area (Å²) in [4.78, 5) is 25.1. The summed E-state index contributed by atoms with van der Waals surface area (Å²) in [6.07, 6.45) is 0. The summed E-state index contributed by atoms with van der Waals surface area (Å²) in [5, 5.41) is 8.17. The predicted octanol–water partition coefficient (Wildman–Crippen LogP) is 2.58. The molecule has 2 aromatic carbocycles. The van der Waals surface area contributed by atoms with E-state index in [0.717, 1.165) is 22.0 Å². The smallest absolute Gasteiger partial charge is 0.291 e. The molecule has 0 aliphatic rings. The van der Waals surface area contributed by atoms with Crippen LogP contribution in [0.3, 0.4) is 0 Å². The number of nitrogens with zero attached hydrogens (tertiary/aromatic N) is 3. The van der Waals surface area contributed by atoms with Gasteiger partial charge in [0.1, 0.15) is 17.9 Å². The van der Waals surface area contributed by atoms with Crippen molar-refractivity contribution >= 4 is 22.3 Å². The van der Waals surface area contributed by atoms with E-state index in [9.17, 15) is 9.59 Å². The molecule has 136 valence electrons. The lowest BCUT2D eigenvalue weighted by atomic mass is 10.2. The minimum absolute atomic E-state index is 0.108. The molecular formula is C21H20N4O2. The van der Waals surface area contributed by atoms with Gasteiger partial charge in [0.2, 0.25) is 5.91 Å². The Bertz CT molecular complexity index is 1210. The van der Waals surface area contributed by atoms with E-state index in [1.54, 1.807) is 0 Å². The molecule has 1 amide bonds. The molecule has 4 rings (SSSR count). The molecule has 4 aromatic rings. The third-order valence-corrected chi connectivity index (χ3v) is 4.63. The number of carbonyl (C=O) groups excluding carboxylic acids is 1. The van der Waals surface area contributed by atoms with E-state index < -0.39 is 0 Å². The maximum Gasteiger partial charge on any atom is 0.291 e. The monoisotopic (exact) mass is 360 g/mol. The fraction of sp³-hybridized carbons (Fsp3) is 0.190. The van der Waals surface area contributed by atoms with Crippen LogP contribution in [0.5, 0.6) is 0 Å². The second-order valence-electron chi connectivity index (χ2n) is 6.70. The molecule has 0 radical (unpaired) electrons. The summed E-state index contributed by atoms with van der Waals surface area (Å²) in [6, 6.07) is 17.5. The average molecular weight is 360 g/mol. The van der Waals surface area contributed by atoms with Crippen LogP contribution in [0.2, 0.25) is 0 Å². The van der Waals surface area contributed by atoms with E-state index in [1.807, 2.05) is 72.8 Å². The minimum atomic E-state index is -0.274. The van der Waals surface area contributed by atoms with Crippen LogP contribution in [-0.4, -0.2) is 20.1 Å². The van der Waals surface area contributed by atoms with Gasteiger partial charge in [-0.25, -0.2) is 4.68 Å². The third-order valence-electron chi connectivity index (χ3n) is 4.63. The fourth-order valence-corrected chi connectivity index (χ4v) is 3.33. The van der Waals surface area contributed by atoms with Crippen LogP contribution < -0.4 is 10.9 Å². The number of hydrogen-bond donors (Lipinski definition) is 1. The standard InChI is InChI=1S/C21H20N4O2/c1-14-8-9-18-17(10-14)11-19-21(27)24(23-15(2)25(18)19)13-20(26)22-12-16-6-4-3-5-7-16/h3-11H,12-13H2,1-2H3,(H,22,26). The highest BCUT2D eigenvalue weighted by molar-refractivity contribution is 5.87. The molecule has 0 atom stereocenters. The molecule has 0 aliphatic heterocycles. The van der Waals surface area contributed by atoms with Crippen LogP contribution in [0.15, 0.2) is 59.4 Å². The number of nitrogens with one attached hydrogen (secondary N) is 1. The van der Waals surface area contributed by atoms with Crippen molar-refractivity contribution in [2.24, 2.45) is 0 Å². The molecule has 27 heavy (non-hydrogen) atoms. The highest BCUT2D eigenvalue weighted by Gasteiger charge is 2.14. The zero-order valence-corrected chi connectivity index (χ0v) is 15.3. The van der Waals surface area contributed by atoms with Gasteiger partial charge >= 0.3 is 0 Å². The fourth-order valence-electron chi connectivity index (χ4n) is 3.33. The zero-order valence-electron chi connectivity index (χ0n) is 15.3. The number of hydrogen-bond acceptors (Lipinski definition) is 3. The topological polar surface area (TPSA) is 68.4 Å². The molecule has 0 bridgehead atoms. The molecule has 0 saturated heterocycles. The van der Waals surface area contributed by atoms with Gasteiger partial charge in [-0.1, -0.05) is 42.0 Å². The van der Waals surface area contributed by atoms with E-state index in [-0.39, 0.29) is 18.0 Å². The van der Waals surface area contributed by atoms with Crippen LogP contribution in [0.1, 0.15) is 17.0 Å². The lowest BCUT2D eigenvalue weighted by Crippen LogP contribution is -2.34. The highest BCUT2D eigenvalue weighted by atomic mass is 16.2. The predicted molar refractivity (Wildman–Crippen MR) is 105 cm³/mol. The molecule has 0 spiro atoms. The van der Waals surface area contributed by atoms with E-state index in [0.29, 0.717) is 17.9 Å². The normalized spacial score (nSPS) is 11.2.